The lowest BCUT2D eigenvalue weighted by atomic mass is 9.85. The molecule has 132 valence electrons. The number of carbonyl (C=O) groups is 3. The van der Waals surface area contributed by atoms with Crippen LogP contribution in [0, 0.1) is 11.8 Å². The molecule has 7 heteroatoms. The lowest BCUT2D eigenvalue weighted by molar-refractivity contribution is -0.140. The highest BCUT2D eigenvalue weighted by Gasteiger charge is 2.48. The minimum atomic E-state index is -0.380. The number of carbonyl (C=O) groups excluding carboxylic acids is 3. The number of fused-ring (bicyclic) bond motifs is 1. The van der Waals surface area contributed by atoms with Gasteiger partial charge in [0.05, 0.1) is 18.9 Å². The minimum absolute atomic E-state index is 0.0596. The number of methoxy groups -OCH3 is 1. The number of amides is 3. The smallest absolute Gasteiger partial charge is 0.233 e. The summed E-state index contributed by atoms with van der Waals surface area (Å²) in [6.45, 7) is 0.0876. The Kier molecular flexibility index (Phi) is 5.08. The fourth-order valence-corrected chi connectivity index (χ4v) is 3.48. The zero-order valence-electron chi connectivity index (χ0n) is 13.8. The summed E-state index contributed by atoms with van der Waals surface area (Å²) in [4.78, 5) is 38.1. The number of nitrogens with one attached hydrogen (secondary N) is 1. The quantitative estimate of drug-likeness (QED) is 0.817. The lowest BCUT2D eigenvalue weighted by Crippen LogP contribution is -2.34. The average Bonchev–Trinajstić information content (AvgIpc) is 2.84. The van der Waals surface area contributed by atoms with E-state index in [0.29, 0.717) is 29.3 Å². The summed E-state index contributed by atoms with van der Waals surface area (Å²) in [6.07, 6.45) is 2.76. The molecule has 0 aromatic heterocycles. The standard InChI is InChI=1S/C18H19ClN2O4/c1-25-13-5-3-12(4-6-13)20-16(22)8-9-21-17(23)14-7-2-11(19)10-15(14)18(21)24/h2-6,14-15H,7-10H2,1H3,(H,20,22)/t14-,15+/m1/s1. The lowest BCUT2D eigenvalue weighted by Gasteiger charge is -2.17. The maximum atomic E-state index is 12.4. The van der Waals surface area contributed by atoms with Gasteiger partial charge in [-0.05, 0) is 37.1 Å². The van der Waals surface area contributed by atoms with E-state index in [2.05, 4.69) is 5.32 Å². The van der Waals surface area contributed by atoms with E-state index in [4.69, 9.17) is 16.3 Å². The number of likely N-dealkylation sites (tertiary alicyclic amines) is 1. The highest BCUT2D eigenvalue weighted by Crippen LogP contribution is 2.38. The van der Waals surface area contributed by atoms with E-state index >= 15 is 0 Å². The molecule has 3 amide bonds. The van der Waals surface area contributed by atoms with E-state index in [1.165, 1.54) is 4.90 Å². The number of hydrogen-bond donors (Lipinski definition) is 1. The topological polar surface area (TPSA) is 75.7 Å². The Bertz CT molecular complexity index is 729. The van der Waals surface area contributed by atoms with Crippen LogP contribution in [0.25, 0.3) is 0 Å². The van der Waals surface area contributed by atoms with Crippen molar-refractivity contribution in [2.75, 3.05) is 19.0 Å². The summed E-state index contributed by atoms with van der Waals surface area (Å²) >= 11 is 5.99. The van der Waals surface area contributed by atoms with E-state index in [1.54, 1.807) is 37.5 Å². The number of nitrogens with zero attached hydrogens (tertiary/aromatic N) is 1. The first-order valence-electron chi connectivity index (χ1n) is 8.13. The molecule has 0 bridgehead atoms. The van der Waals surface area contributed by atoms with Gasteiger partial charge < -0.3 is 10.1 Å². The Hall–Kier alpha value is -2.34. The molecular weight excluding hydrogens is 344 g/mol. The average molecular weight is 363 g/mol. The van der Waals surface area contributed by atoms with Crippen molar-refractivity contribution in [3.8, 4) is 5.75 Å². The summed E-state index contributed by atoms with van der Waals surface area (Å²) in [6, 6.07) is 6.94. The van der Waals surface area contributed by atoms with Gasteiger partial charge in [0.25, 0.3) is 0 Å². The highest BCUT2D eigenvalue weighted by atomic mass is 35.5. The molecule has 2 atom stereocenters. The Morgan fingerprint density at radius 2 is 1.92 bits per heavy atom. The molecule has 2 aliphatic rings. The van der Waals surface area contributed by atoms with Gasteiger partial charge >= 0.3 is 0 Å². The molecule has 1 aliphatic carbocycles. The first-order chi connectivity index (χ1) is 12.0. The van der Waals surface area contributed by atoms with E-state index in [1.807, 2.05) is 0 Å². The van der Waals surface area contributed by atoms with Crippen LogP contribution in [0.2, 0.25) is 0 Å². The zero-order chi connectivity index (χ0) is 18.0. The normalized spacial score (nSPS) is 22.5. The third-order valence-corrected chi connectivity index (χ3v) is 4.91. The summed E-state index contributed by atoms with van der Waals surface area (Å²) in [5.74, 6) is -0.696. The predicted octanol–water partition coefficient (Wildman–Crippen LogP) is 2.54. The van der Waals surface area contributed by atoms with Crippen molar-refractivity contribution in [3.63, 3.8) is 0 Å². The predicted molar refractivity (Wildman–Crippen MR) is 93.1 cm³/mol. The van der Waals surface area contributed by atoms with Crippen LogP contribution in [0.1, 0.15) is 19.3 Å². The second-order valence-corrected chi connectivity index (χ2v) is 6.64. The van der Waals surface area contributed by atoms with Gasteiger partial charge in [0.15, 0.2) is 0 Å². The van der Waals surface area contributed by atoms with Crippen molar-refractivity contribution in [2.45, 2.75) is 19.3 Å². The first-order valence-corrected chi connectivity index (χ1v) is 8.51. The van der Waals surface area contributed by atoms with Crippen LogP contribution in [0.5, 0.6) is 5.75 Å². The molecule has 6 nitrogen and oxygen atoms in total. The molecule has 1 heterocycles. The molecular formula is C18H19ClN2O4. The number of anilines is 1. The van der Waals surface area contributed by atoms with Gasteiger partial charge in [-0.2, -0.15) is 0 Å². The van der Waals surface area contributed by atoms with Gasteiger partial charge in [-0.1, -0.05) is 17.7 Å². The van der Waals surface area contributed by atoms with Crippen LogP contribution in [-0.2, 0) is 14.4 Å². The monoisotopic (exact) mass is 362 g/mol. The second kappa shape index (κ2) is 7.27. The van der Waals surface area contributed by atoms with Gasteiger partial charge in [-0.15, -0.1) is 0 Å². The fraction of sp³-hybridized carbons (Fsp3) is 0.389. The summed E-state index contributed by atoms with van der Waals surface area (Å²) in [7, 11) is 1.57. The first kappa shape index (κ1) is 17.5. The van der Waals surface area contributed by atoms with Crippen LogP contribution >= 0.6 is 11.6 Å². The van der Waals surface area contributed by atoms with Crippen LogP contribution < -0.4 is 10.1 Å². The van der Waals surface area contributed by atoms with Crippen molar-refractivity contribution in [1.29, 1.82) is 0 Å². The number of allylic oxidation sites excluding steroid dienone is 2. The van der Waals surface area contributed by atoms with Gasteiger partial charge in [0.1, 0.15) is 5.75 Å². The molecule has 1 aromatic rings. The number of hydrogen-bond acceptors (Lipinski definition) is 4. The molecule has 1 fully saturated rings. The molecule has 0 unspecified atom stereocenters. The largest absolute Gasteiger partial charge is 0.497 e. The third kappa shape index (κ3) is 3.69. The molecule has 1 N–H and O–H groups in total. The SMILES string of the molecule is COc1ccc(NC(=O)CCN2C(=O)[C@H]3CC(Cl)=CC[C@H]3C2=O)cc1. The summed E-state index contributed by atoms with van der Waals surface area (Å²) < 4.78 is 5.06. The van der Waals surface area contributed by atoms with E-state index in [0.717, 1.165) is 0 Å². The number of halogens is 1. The second-order valence-electron chi connectivity index (χ2n) is 6.16. The van der Waals surface area contributed by atoms with Gasteiger partial charge in [-0.25, -0.2) is 0 Å². The minimum Gasteiger partial charge on any atom is -0.497 e. The van der Waals surface area contributed by atoms with E-state index in [9.17, 15) is 14.4 Å². The maximum Gasteiger partial charge on any atom is 0.233 e. The molecule has 1 aliphatic heterocycles. The van der Waals surface area contributed by atoms with E-state index in [-0.39, 0.29) is 42.5 Å². The van der Waals surface area contributed by atoms with Crippen molar-refractivity contribution >= 4 is 35.0 Å². The third-order valence-electron chi connectivity index (χ3n) is 4.60. The Balaban J connectivity index is 1.55. The molecule has 3 rings (SSSR count). The molecule has 0 spiro atoms. The van der Waals surface area contributed by atoms with Crippen LogP contribution in [0.15, 0.2) is 35.4 Å². The Morgan fingerprint density at radius 3 is 2.60 bits per heavy atom. The van der Waals surface area contributed by atoms with Gasteiger partial charge in [-0.3, -0.25) is 19.3 Å². The fourth-order valence-electron chi connectivity index (χ4n) is 3.23. The number of ether oxygens (including phenoxy) is 1. The van der Waals surface area contributed by atoms with Gasteiger partial charge in [0.2, 0.25) is 17.7 Å². The molecule has 0 radical (unpaired) electrons. The zero-order valence-corrected chi connectivity index (χ0v) is 14.6. The Labute approximate surface area is 150 Å². The van der Waals surface area contributed by atoms with Crippen molar-refractivity contribution < 1.29 is 19.1 Å². The summed E-state index contributed by atoms with van der Waals surface area (Å²) in [5, 5.41) is 3.37. The number of benzene rings is 1. The van der Waals surface area contributed by atoms with Crippen LogP contribution in [0.3, 0.4) is 0 Å². The molecule has 1 aromatic carbocycles. The van der Waals surface area contributed by atoms with E-state index < -0.39 is 0 Å². The van der Waals surface area contributed by atoms with Gasteiger partial charge in [0, 0.05) is 23.7 Å². The number of imide groups is 1. The van der Waals surface area contributed by atoms with Crippen molar-refractivity contribution in [3.05, 3.63) is 35.4 Å². The Morgan fingerprint density at radius 1 is 1.24 bits per heavy atom. The van der Waals surface area contributed by atoms with Crippen molar-refractivity contribution in [1.82, 2.24) is 4.90 Å². The van der Waals surface area contributed by atoms with Crippen LogP contribution in [0.4, 0.5) is 5.69 Å². The summed E-state index contributed by atoms with van der Waals surface area (Å²) in [5.41, 5.74) is 0.634. The van der Waals surface area contributed by atoms with Crippen LogP contribution in [-0.4, -0.2) is 36.3 Å². The maximum absolute atomic E-state index is 12.4. The number of rotatable bonds is 5. The highest BCUT2D eigenvalue weighted by molar-refractivity contribution is 6.30. The molecule has 0 saturated carbocycles. The molecule has 25 heavy (non-hydrogen) atoms. The van der Waals surface area contributed by atoms with Crippen molar-refractivity contribution in [2.24, 2.45) is 11.8 Å². The molecule has 1 saturated heterocycles.